The lowest BCUT2D eigenvalue weighted by Gasteiger charge is -2.07. The summed E-state index contributed by atoms with van der Waals surface area (Å²) in [5.74, 6) is 0. The molecule has 0 saturated heterocycles. The van der Waals surface area contributed by atoms with Gasteiger partial charge in [-0.05, 0) is 41.6 Å². The zero-order valence-corrected chi connectivity index (χ0v) is 10.2. The van der Waals surface area contributed by atoms with Crippen LogP contribution in [0, 0.1) is 0 Å². The number of hydrogen-bond donors (Lipinski definition) is 1. The fraction of sp³-hybridized carbons (Fsp3) is 0.0625. The normalized spacial score (nSPS) is 11.9. The minimum Gasteiger partial charge on any atom is -0.361 e. The quantitative estimate of drug-likeness (QED) is 0.713. The summed E-state index contributed by atoms with van der Waals surface area (Å²) in [5.41, 5.74) is 4.72. The van der Waals surface area contributed by atoms with Crippen molar-refractivity contribution in [3.05, 3.63) is 72.2 Å². The molecule has 2 aromatic heterocycles. The molecule has 0 spiro atoms. The predicted octanol–water partition coefficient (Wildman–Crippen LogP) is 4.01. The maximum Gasteiger partial charge on any atom is 0.0460 e. The molecule has 3 rings (SSSR count). The number of allylic oxidation sites excluding steroid dienone is 1. The van der Waals surface area contributed by atoms with E-state index in [4.69, 9.17) is 0 Å². The van der Waals surface area contributed by atoms with Gasteiger partial charge in [-0.15, -0.1) is 0 Å². The van der Waals surface area contributed by atoms with Gasteiger partial charge in [0.1, 0.15) is 0 Å². The van der Waals surface area contributed by atoms with Crippen LogP contribution >= 0.6 is 0 Å². The molecule has 1 N–H and O–H groups in total. The molecule has 0 fully saturated rings. The highest BCUT2D eigenvalue weighted by molar-refractivity contribution is 5.87. The van der Waals surface area contributed by atoms with Crippen LogP contribution in [-0.4, -0.2) is 9.97 Å². The number of aromatic nitrogens is 2. The standard InChI is InChI=1S/C16H14N2/c1-2-15(14-4-3-8-17-11-14)13-6-5-12-7-9-18-16(12)10-13/h2-11,18H,1H3/b15-2-. The summed E-state index contributed by atoms with van der Waals surface area (Å²) >= 11 is 0. The number of nitrogens with one attached hydrogen (secondary N) is 1. The van der Waals surface area contributed by atoms with Crippen molar-refractivity contribution in [2.75, 3.05) is 0 Å². The summed E-state index contributed by atoms with van der Waals surface area (Å²) < 4.78 is 0. The third-order valence-electron chi connectivity index (χ3n) is 3.13. The van der Waals surface area contributed by atoms with E-state index in [1.54, 1.807) is 6.20 Å². The molecule has 0 atom stereocenters. The van der Waals surface area contributed by atoms with E-state index < -0.39 is 0 Å². The Balaban J connectivity index is 2.12. The first-order valence-electron chi connectivity index (χ1n) is 6.03. The molecule has 2 nitrogen and oxygen atoms in total. The van der Waals surface area contributed by atoms with Crippen molar-refractivity contribution in [2.24, 2.45) is 0 Å². The Bertz CT molecular complexity index is 693. The van der Waals surface area contributed by atoms with Crippen molar-refractivity contribution in [3.8, 4) is 0 Å². The number of pyridine rings is 1. The van der Waals surface area contributed by atoms with E-state index >= 15 is 0 Å². The summed E-state index contributed by atoms with van der Waals surface area (Å²) in [6.45, 7) is 2.06. The first kappa shape index (κ1) is 10.8. The third kappa shape index (κ3) is 1.82. The fourth-order valence-corrected chi connectivity index (χ4v) is 2.24. The van der Waals surface area contributed by atoms with Gasteiger partial charge in [-0.2, -0.15) is 0 Å². The van der Waals surface area contributed by atoms with Crippen molar-refractivity contribution in [1.29, 1.82) is 0 Å². The lowest BCUT2D eigenvalue weighted by Crippen LogP contribution is -1.88. The van der Waals surface area contributed by atoms with Crippen LogP contribution in [0.2, 0.25) is 0 Å². The van der Waals surface area contributed by atoms with E-state index in [0.717, 1.165) is 11.1 Å². The van der Waals surface area contributed by atoms with Gasteiger partial charge in [0.25, 0.3) is 0 Å². The monoisotopic (exact) mass is 234 g/mol. The molecular weight excluding hydrogens is 220 g/mol. The third-order valence-corrected chi connectivity index (χ3v) is 3.13. The van der Waals surface area contributed by atoms with Crippen LogP contribution < -0.4 is 0 Å². The zero-order chi connectivity index (χ0) is 12.4. The number of aromatic amines is 1. The average molecular weight is 234 g/mol. The molecular formula is C16H14N2. The molecule has 18 heavy (non-hydrogen) atoms. The number of hydrogen-bond acceptors (Lipinski definition) is 1. The van der Waals surface area contributed by atoms with E-state index in [1.807, 2.05) is 18.5 Å². The van der Waals surface area contributed by atoms with Crippen LogP contribution in [-0.2, 0) is 0 Å². The molecule has 0 aliphatic rings. The number of benzene rings is 1. The fourth-order valence-electron chi connectivity index (χ4n) is 2.24. The van der Waals surface area contributed by atoms with Gasteiger partial charge in [0, 0.05) is 29.7 Å². The molecule has 0 saturated carbocycles. The summed E-state index contributed by atoms with van der Waals surface area (Å²) in [4.78, 5) is 7.43. The Labute approximate surface area is 106 Å². The SMILES string of the molecule is C/C=C(\c1cccnc1)c1ccc2cc[nH]c2c1. The van der Waals surface area contributed by atoms with Crippen molar-refractivity contribution in [3.63, 3.8) is 0 Å². The van der Waals surface area contributed by atoms with Gasteiger partial charge in [-0.3, -0.25) is 4.98 Å². The topological polar surface area (TPSA) is 28.7 Å². The second kappa shape index (κ2) is 4.49. The van der Waals surface area contributed by atoms with Crippen LogP contribution in [0.5, 0.6) is 0 Å². The first-order valence-corrected chi connectivity index (χ1v) is 6.03. The van der Waals surface area contributed by atoms with Crippen LogP contribution in [0.4, 0.5) is 0 Å². The second-order valence-corrected chi connectivity index (χ2v) is 4.22. The summed E-state index contributed by atoms with van der Waals surface area (Å²) in [6.07, 6.45) is 7.79. The zero-order valence-electron chi connectivity index (χ0n) is 10.2. The van der Waals surface area contributed by atoms with Gasteiger partial charge in [-0.1, -0.05) is 24.3 Å². The summed E-state index contributed by atoms with van der Waals surface area (Å²) in [5, 5.41) is 1.24. The Morgan fingerprint density at radius 2 is 2.11 bits per heavy atom. The van der Waals surface area contributed by atoms with Crippen molar-refractivity contribution >= 4 is 16.5 Å². The van der Waals surface area contributed by atoms with Crippen molar-refractivity contribution < 1.29 is 0 Å². The summed E-state index contributed by atoms with van der Waals surface area (Å²) in [7, 11) is 0. The van der Waals surface area contributed by atoms with E-state index in [0.29, 0.717) is 0 Å². The first-order chi connectivity index (χ1) is 8.88. The smallest absolute Gasteiger partial charge is 0.0460 e. The van der Waals surface area contributed by atoms with Crippen LogP contribution in [0.15, 0.2) is 61.1 Å². The van der Waals surface area contributed by atoms with Gasteiger partial charge in [-0.25, -0.2) is 0 Å². The minimum absolute atomic E-state index is 1.14. The van der Waals surface area contributed by atoms with Gasteiger partial charge in [0.2, 0.25) is 0 Å². The van der Waals surface area contributed by atoms with Crippen LogP contribution in [0.3, 0.4) is 0 Å². The van der Waals surface area contributed by atoms with Crippen LogP contribution in [0.1, 0.15) is 18.1 Å². The number of rotatable bonds is 2. The Kier molecular flexibility index (Phi) is 2.69. The maximum atomic E-state index is 4.18. The molecule has 0 aliphatic heterocycles. The van der Waals surface area contributed by atoms with E-state index in [9.17, 15) is 0 Å². The molecule has 0 radical (unpaired) electrons. The maximum absolute atomic E-state index is 4.18. The number of H-pyrrole nitrogens is 1. The number of fused-ring (bicyclic) bond motifs is 1. The molecule has 0 amide bonds. The number of nitrogens with zero attached hydrogens (tertiary/aromatic N) is 1. The summed E-state index contributed by atoms with van der Waals surface area (Å²) in [6, 6.07) is 12.6. The largest absolute Gasteiger partial charge is 0.361 e. The highest BCUT2D eigenvalue weighted by Gasteiger charge is 2.05. The molecule has 88 valence electrons. The highest BCUT2D eigenvalue weighted by Crippen LogP contribution is 2.25. The van der Waals surface area contributed by atoms with E-state index in [2.05, 4.69) is 53.3 Å². The van der Waals surface area contributed by atoms with E-state index in [1.165, 1.54) is 16.5 Å². The molecule has 2 heteroatoms. The second-order valence-electron chi connectivity index (χ2n) is 4.22. The molecule has 2 heterocycles. The van der Waals surface area contributed by atoms with Gasteiger partial charge in [0.05, 0.1) is 0 Å². The molecule has 0 unspecified atom stereocenters. The lowest BCUT2D eigenvalue weighted by atomic mass is 9.98. The Morgan fingerprint density at radius 1 is 1.17 bits per heavy atom. The lowest BCUT2D eigenvalue weighted by molar-refractivity contribution is 1.31. The molecule has 0 bridgehead atoms. The van der Waals surface area contributed by atoms with Crippen LogP contribution in [0.25, 0.3) is 16.5 Å². The predicted molar refractivity (Wildman–Crippen MR) is 75.3 cm³/mol. The van der Waals surface area contributed by atoms with Gasteiger partial charge >= 0.3 is 0 Å². The molecule has 3 aromatic rings. The Morgan fingerprint density at radius 3 is 2.89 bits per heavy atom. The van der Waals surface area contributed by atoms with Crippen molar-refractivity contribution in [2.45, 2.75) is 6.92 Å². The highest BCUT2D eigenvalue weighted by atomic mass is 14.7. The van der Waals surface area contributed by atoms with E-state index in [-0.39, 0.29) is 0 Å². The minimum atomic E-state index is 1.14. The van der Waals surface area contributed by atoms with Crippen molar-refractivity contribution in [1.82, 2.24) is 9.97 Å². The van der Waals surface area contributed by atoms with Gasteiger partial charge in [0.15, 0.2) is 0 Å². The molecule has 1 aromatic carbocycles. The average Bonchev–Trinajstić information content (AvgIpc) is 2.88. The molecule has 0 aliphatic carbocycles. The van der Waals surface area contributed by atoms with Gasteiger partial charge < -0.3 is 4.98 Å². The Hall–Kier alpha value is -2.35.